The van der Waals surface area contributed by atoms with Gasteiger partial charge in [0.05, 0.1) is 17.9 Å². The van der Waals surface area contributed by atoms with Crippen molar-refractivity contribution in [2.45, 2.75) is 13.2 Å². The fraction of sp³-hybridized carbons (Fsp3) is 0.188. The van der Waals surface area contributed by atoms with Crippen LogP contribution in [0.4, 0.5) is 5.69 Å². The van der Waals surface area contributed by atoms with Gasteiger partial charge in [-0.1, -0.05) is 30.3 Å². The molecule has 0 aromatic heterocycles. The average molecular weight is 269 g/mol. The van der Waals surface area contributed by atoms with E-state index in [9.17, 15) is 4.79 Å². The van der Waals surface area contributed by atoms with E-state index in [0.29, 0.717) is 12.2 Å². The van der Waals surface area contributed by atoms with Crippen LogP contribution in [0, 0.1) is 0 Å². The molecule has 102 valence electrons. The van der Waals surface area contributed by atoms with Crippen molar-refractivity contribution < 1.29 is 14.3 Å². The molecule has 3 rings (SSSR count). The van der Waals surface area contributed by atoms with Gasteiger partial charge in [0.25, 0.3) is 0 Å². The number of hydrogen-bond donors (Lipinski definition) is 1. The first-order valence-corrected chi connectivity index (χ1v) is 6.58. The lowest BCUT2D eigenvalue weighted by Crippen LogP contribution is -2.11. The highest BCUT2D eigenvalue weighted by Crippen LogP contribution is 2.34. The summed E-state index contributed by atoms with van der Waals surface area (Å²) in [6.07, 6.45) is -0.472. The van der Waals surface area contributed by atoms with Crippen LogP contribution < -0.4 is 10.1 Å². The number of carbonyl (C=O) groups excluding carboxylic acids is 1. The lowest BCUT2D eigenvalue weighted by molar-refractivity contribution is 0.0436. The first kappa shape index (κ1) is 12.5. The largest absolute Gasteiger partial charge is 0.492 e. The van der Waals surface area contributed by atoms with E-state index in [4.69, 9.17) is 9.47 Å². The van der Waals surface area contributed by atoms with Gasteiger partial charge >= 0.3 is 5.97 Å². The molecule has 0 saturated carbocycles. The van der Waals surface area contributed by atoms with Gasteiger partial charge < -0.3 is 14.8 Å². The molecule has 1 heterocycles. The number of para-hydroxylation sites is 2. The van der Waals surface area contributed by atoms with Crippen molar-refractivity contribution in [2.75, 3.05) is 11.9 Å². The summed E-state index contributed by atoms with van der Waals surface area (Å²) in [6, 6.07) is 15.0. The summed E-state index contributed by atoms with van der Waals surface area (Å²) < 4.78 is 10.9. The molecule has 1 aliphatic rings. The molecule has 0 aliphatic carbocycles. The number of nitrogens with one attached hydrogen (secondary N) is 1. The molecule has 2 aromatic rings. The maximum absolute atomic E-state index is 11.8. The molecule has 0 spiro atoms. The Labute approximate surface area is 117 Å². The second-order valence-electron chi connectivity index (χ2n) is 4.45. The molecule has 0 amide bonds. The van der Waals surface area contributed by atoms with Crippen LogP contribution in [0.15, 0.2) is 48.5 Å². The number of esters is 1. The predicted molar refractivity (Wildman–Crippen MR) is 75.8 cm³/mol. The fourth-order valence-electron chi connectivity index (χ4n) is 2.26. The Morgan fingerprint density at radius 1 is 1.15 bits per heavy atom. The smallest absolute Gasteiger partial charge is 0.340 e. The quantitative estimate of drug-likeness (QED) is 0.864. The Balaban J connectivity index is 1.88. The normalized spacial score (nSPS) is 16.4. The first-order valence-electron chi connectivity index (χ1n) is 6.58. The van der Waals surface area contributed by atoms with E-state index in [1.54, 1.807) is 6.07 Å². The number of rotatable bonds is 4. The highest BCUT2D eigenvalue weighted by molar-refractivity contribution is 5.94. The summed E-state index contributed by atoms with van der Waals surface area (Å²) in [5, 5.41) is 3.21. The van der Waals surface area contributed by atoms with Gasteiger partial charge in [0.1, 0.15) is 5.75 Å². The minimum absolute atomic E-state index is 0.299. The first-order chi connectivity index (χ1) is 9.79. The van der Waals surface area contributed by atoms with Crippen LogP contribution in [0.3, 0.4) is 0 Å². The van der Waals surface area contributed by atoms with Crippen molar-refractivity contribution in [3.8, 4) is 5.75 Å². The van der Waals surface area contributed by atoms with Crippen molar-refractivity contribution in [3.05, 3.63) is 59.7 Å². The molecule has 1 N–H and O–H groups in total. The van der Waals surface area contributed by atoms with Gasteiger partial charge in [0.15, 0.2) is 0 Å². The minimum atomic E-state index is -0.472. The third-order valence-corrected chi connectivity index (χ3v) is 3.16. The van der Waals surface area contributed by atoms with Crippen molar-refractivity contribution in [3.63, 3.8) is 0 Å². The molecular weight excluding hydrogens is 254 g/mol. The zero-order valence-electron chi connectivity index (χ0n) is 11.1. The maximum Gasteiger partial charge on any atom is 0.340 e. The van der Waals surface area contributed by atoms with E-state index < -0.39 is 6.23 Å². The van der Waals surface area contributed by atoms with Crippen LogP contribution in [0.5, 0.6) is 5.75 Å². The highest BCUT2D eigenvalue weighted by Gasteiger charge is 2.30. The van der Waals surface area contributed by atoms with Crippen LogP contribution in [-0.2, 0) is 4.74 Å². The SMILES string of the molecule is CCOc1ccccc1N[C@H]1OC(=O)c2ccccc21. The third-order valence-electron chi connectivity index (χ3n) is 3.16. The van der Waals surface area contributed by atoms with Crippen LogP contribution >= 0.6 is 0 Å². The van der Waals surface area contributed by atoms with E-state index in [-0.39, 0.29) is 5.97 Å². The molecule has 0 fully saturated rings. The Morgan fingerprint density at radius 2 is 1.90 bits per heavy atom. The molecule has 4 heteroatoms. The van der Waals surface area contributed by atoms with Gasteiger partial charge in [-0.25, -0.2) is 4.79 Å². The summed E-state index contributed by atoms with van der Waals surface area (Å²) in [6.45, 7) is 2.52. The van der Waals surface area contributed by atoms with E-state index in [1.807, 2.05) is 49.4 Å². The molecule has 2 aromatic carbocycles. The van der Waals surface area contributed by atoms with E-state index in [1.165, 1.54) is 0 Å². The van der Waals surface area contributed by atoms with Crippen molar-refractivity contribution in [1.82, 2.24) is 0 Å². The summed E-state index contributed by atoms with van der Waals surface area (Å²) >= 11 is 0. The maximum atomic E-state index is 11.8. The van der Waals surface area contributed by atoms with Crippen molar-refractivity contribution in [1.29, 1.82) is 0 Å². The zero-order chi connectivity index (χ0) is 13.9. The molecule has 4 nitrogen and oxygen atoms in total. The number of ether oxygens (including phenoxy) is 2. The van der Waals surface area contributed by atoms with Crippen LogP contribution in [0.25, 0.3) is 0 Å². The van der Waals surface area contributed by atoms with Crippen molar-refractivity contribution in [2.24, 2.45) is 0 Å². The van der Waals surface area contributed by atoms with E-state index in [2.05, 4.69) is 5.32 Å². The van der Waals surface area contributed by atoms with Gasteiger partial charge in [0, 0.05) is 5.56 Å². The summed E-state index contributed by atoms with van der Waals surface area (Å²) in [5.41, 5.74) is 2.27. The van der Waals surface area contributed by atoms with Crippen LogP contribution in [-0.4, -0.2) is 12.6 Å². The average Bonchev–Trinajstić information content (AvgIpc) is 2.79. The van der Waals surface area contributed by atoms with Gasteiger partial charge in [-0.3, -0.25) is 0 Å². The number of cyclic esters (lactones) is 1. The second kappa shape index (κ2) is 5.25. The Hall–Kier alpha value is -2.49. The number of hydrogen-bond acceptors (Lipinski definition) is 4. The Kier molecular flexibility index (Phi) is 3.29. The lowest BCUT2D eigenvalue weighted by atomic mass is 10.1. The van der Waals surface area contributed by atoms with Crippen LogP contribution in [0.2, 0.25) is 0 Å². The molecule has 1 aliphatic heterocycles. The van der Waals surface area contributed by atoms with Crippen molar-refractivity contribution >= 4 is 11.7 Å². The standard InChI is InChI=1S/C16H15NO3/c1-2-19-14-10-6-5-9-13(14)17-15-11-7-3-4-8-12(11)16(18)20-15/h3-10,15,17H,2H2,1H3/t15-/m0/s1. The molecule has 0 bridgehead atoms. The highest BCUT2D eigenvalue weighted by atomic mass is 16.6. The zero-order valence-corrected chi connectivity index (χ0v) is 11.1. The number of benzene rings is 2. The van der Waals surface area contributed by atoms with Gasteiger partial charge in [0.2, 0.25) is 6.23 Å². The fourth-order valence-corrected chi connectivity index (χ4v) is 2.26. The Bertz CT molecular complexity index is 639. The Morgan fingerprint density at radius 3 is 2.75 bits per heavy atom. The summed E-state index contributed by atoms with van der Waals surface area (Å²) in [5.74, 6) is 0.447. The number of carbonyl (C=O) groups is 1. The molecule has 0 unspecified atom stereocenters. The molecule has 0 radical (unpaired) electrons. The van der Waals surface area contributed by atoms with E-state index in [0.717, 1.165) is 17.0 Å². The monoisotopic (exact) mass is 269 g/mol. The third kappa shape index (κ3) is 2.20. The van der Waals surface area contributed by atoms with E-state index >= 15 is 0 Å². The molecule has 20 heavy (non-hydrogen) atoms. The molecular formula is C16H15NO3. The lowest BCUT2D eigenvalue weighted by Gasteiger charge is -2.17. The van der Waals surface area contributed by atoms with Gasteiger partial charge in [-0.05, 0) is 25.1 Å². The summed E-state index contributed by atoms with van der Waals surface area (Å²) in [7, 11) is 0. The number of anilines is 1. The van der Waals surface area contributed by atoms with Gasteiger partial charge in [-0.15, -0.1) is 0 Å². The second-order valence-corrected chi connectivity index (χ2v) is 4.45. The van der Waals surface area contributed by atoms with Gasteiger partial charge in [-0.2, -0.15) is 0 Å². The van der Waals surface area contributed by atoms with Crippen LogP contribution in [0.1, 0.15) is 29.1 Å². The number of fused-ring (bicyclic) bond motifs is 1. The molecule has 0 saturated heterocycles. The minimum Gasteiger partial charge on any atom is -0.492 e. The summed E-state index contributed by atoms with van der Waals surface area (Å²) in [4.78, 5) is 11.8. The predicted octanol–water partition coefficient (Wildman–Crippen LogP) is 3.37. The topological polar surface area (TPSA) is 47.6 Å². The molecule has 1 atom stereocenters.